The van der Waals surface area contributed by atoms with Crippen LogP contribution in [-0.2, 0) is 23.4 Å². The molecule has 2 fully saturated rings. The number of aliphatic hydroxyl groups is 1. The molecule has 0 radical (unpaired) electrons. The van der Waals surface area contributed by atoms with Gasteiger partial charge in [-0.05, 0) is 75.3 Å². The van der Waals surface area contributed by atoms with Crippen LogP contribution in [0.4, 0.5) is 0 Å². The lowest BCUT2D eigenvalue weighted by molar-refractivity contribution is -0.322. The van der Waals surface area contributed by atoms with E-state index in [0.29, 0.717) is 5.56 Å². The largest absolute Gasteiger partial charge is 0.452 e. The van der Waals surface area contributed by atoms with E-state index in [1.54, 1.807) is 54.6 Å². The van der Waals surface area contributed by atoms with E-state index < -0.39 is 61.6 Å². The number of carbonyl (C=O) groups is 3. The normalized spacial score (nSPS) is 21.1. The van der Waals surface area contributed by atoms with Crippen molar-refractivity contribution in [3.63, 3.8) is 0 Å². The minimum Gasteiger partial charge on any atom is -0.452 e. The van der Waals surface area contributed by atoms with E-state index in [9.17, 15) is 25.0 Å². The molecule has 61 heavy (non-hydrogen) atoms. The van der Waals surface area contributed by atoms with Crippen LogP contribution in [0, 0.1) is 17.8 Å². The van der Waals surface area contributed by atoms with Gasteiger partial charge in [0.05, 0.1) is 23.3 Å². The molecular formula is C48H45N3O9Si. The lowest BCUT2D eigenvalue weighted by Gasteiger charge is -2.49. The van der Waals surface area contributed by atoms with E-state index >= 15 is 0 Å². The zero-order valence-electron chi connectivity index (χ0n) is 33.9. The van der Waals surface area contributed by atoms with Crippen LogP contribution in [0.5, 0.6) is 0 Å². The number of esters is 3. The Balaban J connectivity index is 1.36. The van der Waals surface area contributed by atoms with E-state index in [1.807, 2.05) is 60.7 Å². The van der Waals surface area contributed by atoms with E-state index in [1.165, 1.54) is 30.3 Å². The van der Waals surface area contributed by atoms with Crippen molar-refractivity contribution in [2.45, 2.75) is 69.0 Å². The minimum atomic E-state index is -3.35. The average Bonchev–Trinajstić information content (AvgIpc) is 4.11. The molecule has 1 unspecified atom stereocenters. The Bertz CT molecular complexity index is 2410. The maximum Gasteiger partial charge on any atom is 0.341 e. The number of ether oxygens (including phenoxy) is 4. The van der Waals surface area contributed by atoms with Gasteiger partial charge in [0.2, 0.25) is 12.0 Å². The summed E-state index contributed by atoms with van der Waals surface area (Å²) in [6.45, 7) is 5.88. The third-order valence-electron chi connectivity index (χ3n) is 10.7. The van der Waals surface area contributed by atoms with Gasteiger partial charge in [0.15, 0.2) is 12.2 Å². The minimum absolute atomic E-state index is 0.0538. The Kier molecular flexibility index (Phi) is 12.8. The maximum absolute atomic E-state index is 14.2. The molecule has 0 aromatic heterocycles. The van der Waals surface area contributed by atoms with Crippen LogP contribution in [-0.4, -0.2) is 68.3 Å². The second-order valence-corrected chi connectivity index (χ2v) is 20.2. The highest BCUT2D eigenvalue weighted by Gasteiger charge is 2.62. The van der Waals surface area contributed by atoms with Gasteiger partial charge in [-0.1, -0.05) is 142 Å². The van der Waals surface area contributed by atoms with Crippen molar-refractivity contribution >= 4 is 36.6 Å². The molecule has 1 saturated carbocycles. The molecule has 5 aromatic rings. The summed E-state index contributed by atoms with van der Waals surface area (Å²) in [5.74, 6) is 3.62. The number of carbonyl (C=O) groups excluding carboxylic acids is 3. The molecule has 5 atom stereocenters. The van der Waals surface area contributed by atoms with Crippen LogP contribution in [0.2, 0.25) is 5.04 Å². The van der Waals surface area contributed by atoms with Gasteiger partial charge < -0.3 is 28.5 Å². The number of nitrogens with zero attached hydrogens (tertiary/aromatic N) is 3. The van der Waals surface area contributed by atoms with Crippen molar-refractivity contribution in [1.29, 1.82) is 0 Å². The zero-order valence-corrected chi connectivity index (χ0v) is 34.9. The molecule has 2 aliphatic rings. The first-order valence-corrected chi connectivity index (χ1v) is 21.9. The predicted octanol–water partition coefficient (Wildman–Crippen LogP) is 7.36. The fourth-order valence-corrected chi connectivity index (χ4v) is 12.0. The molecule has 5 aromatic carbocycles. The Morgan fingerprint density at radius 1 is 0.754 bits per heavy atom. The summed E-state index contributed by atoms with van der Waals surface area (Å²) in [5.41, 5.74) is 7.60. The van der Waals surface area contributed by atoms with E-state index in [-0.39, 0.29) is 29.2 Å². The van der Waals surface area contributed by atoms with Gasteiger partial charge in [-0.25, -0.2) is 14.4 Å². The highest BCUT2D eigenvalue weighted by molar-refractivity contribution is 6.99. The molecular weight excluding hydrogens is 791 g/mol. The van der Waals surface area contributed by atoms with Crippen LogP contribution in [0.1, 0.15) is 70.3 Å². The molecule has 13 heteroatoms. The first-order chi connectivity index (χ1) is 29.4. The molecule has 0 spiro atoms. The Morgan fingerprint density at radius 3 is 1.79 bits per heavy atom. The molecule has 1 saturated heterocycles. The number of benzene rings is 5. The number of hydrogen-bond acceptors (Lipinski definition) is 10. The van der Waals surface area contributed by atoms with Crippen molar-refractivity contribution in [2.75, 3.05) is 6.61 Å². The van der Waals surface area contributed by atoms with E-state index in [2.05, 4.69) is 42.6 Å². The first-order valence-electron chi connectivity index (χ1n) is 20.0. The monoisotopic (exact) mass is 835 g/mol. The predicted molar refractivity (Wildman–Crippen MR) is 229 cm³/mol. The van der Waals surface area contributed by atoms with Crippen molar-refractivity contribution in [1.82, 2.24) is 0 Å². The highest BCUT2D eigenvalue weighted by atomic mass is 28.4. The molecule has 1 N–H and O–H groups in total. The van der Waals surface area contributed by atoms with Gasteiger partial charge in [-0.15, -0.1) is 0 Å². The lowest BCUT2D eigenvalue weighted by atomic mass is 9.93. The van der Waals surface area contributed by atoms with Gasteiger partial charge in [0.1, 0.15) is 6.10 Å². The topological polar surface area (TPSA) is 166 Å². The summed E-state index contributed by atoms with van der Waals surface area (Å²) in [6, 6.07) is 42.0. The van der Waals surface area contributed by atoms with E-state index in [0.717, 1.165) is 23.2 Å². The summed E-state index contributed by atoms with van der Waals surface area (Å²) in [5, 5.41) is 17.6. The van der Waals surface area contributed by atoms with Crippen LogP contribution < -0.4 is 10.4 Å². The zero-order chi connectivity index (χ0) is 43.0. The van der Waals surface area contributed by atoms with Crippen molar-refractivity contribution < 1.29 is 42.9 Å². The molecule has 1 heterocycles. The smallest absolute Gasteiger partial charge is 0.341 e. The van der Waals surface area contributed by atoms with Gasteiger partial charge in [-0.3, -0.25) is 0 Å². The molecule has 12 nitrogen and oxygen atoms in total. The van der Waals surface area contributed by atoms with Crippen molar-refractivity contribution in [2.24, 2.45) is 11.0 Å². The van der Waals surface area contributed by atoms with Crippen molar-refractivity contribution in [3.05, 3.63) is 178 Å². The molecule has 7 rings (SSSR count). The van der Waals surface area contributed by atoms with Crippen molar-refractivity contribution in [3.8, 4) is 11.8 Å². The second-order valence-electron chi connectivity index (χ2n) is 15.9. The van der Waals surface area contributed by atoms with Crippen LogP contribution in [0.15, 0.2) is 151 Å². The summed E-state index contributed by atoms with van der Waals surface area (Å²) >= 11 is 0. The molecule has 0 amide bonds. The van der Waals surface area contributed by atoms with Gasteiger partial charge in [0.25, 0.3) is 8.32 Å². The van der Waals surface area contributed by atoms with Gasteiger partial charge in [-0.2, -0.15) is 0 Å². The summed E-state index contributed by atoms with van der Waals surface area (Å²) in [4.78, 5) is 45.0. The average molecular weight is 836 g/mol. The fraction of sp³-hybridized carbons (Fsp3) is 0.271. The van der Waals surface area contributed by atoms with Crippen LogP contribution in [0.3, 0.4) is 0 Å². The second kappa shape index (κ2) is 18.4. The molecule has 1 aliphatic heterocycles. The number of hydrogen-bond donors (Lipinski definition) is 1. The molecule has 1 aliphatic carbocycles. The van der Waals surface area contributed by atoms with E-state index in [4.69, 9.17) is 23.4 Å². The lowest BCUT2D eigenvalue weighted by Crippen LogP contribution is -2.71. The Hall–Kier alpha value is -6.52. The first kappa shape index (κ1) is 42.6. The standard InChI is InChI=1S/C48H45N3O9Si/c1-47(2,3)61(37-23-12-6-13-24-37,38-25-14-7-15-26-38)56-32-40-41(58-43(52)35-19-8-4-9-20-35)42(59-44(53)36-21-10-5-11-22-36)48(55,50-51-49)46(57-40)60-45(54)39-27-17-16-18-34(39)31-30-33-28-29-33/h4-27,33,40-42,46,55H,28-29,32H2,1-3H3/t40-,41-,42+,46?,48-/m1/s1. The summed E-state index contributed by atoms with van der Waals surface area (Å²) in [7, 11) is -3.35. The molecule has 0 bridgehead atoms. The van der Waals surface area contributed by atoms with Gasteiger partial charge >= 0.3 is 17.9 Å². The fourth-order valence-electron chi connectivity index (χ4n) is 7.45. The quantitative estimate of drug-likeness (QED) is 0.0257. The van der Waals surface area contributed by atoms with Crippen LogP contribution in [0.25, 0.3) is 10.4 Å². The van der Waals surface area contributed by atoms with Crippen LogP contribution >= 0.6 is 0 Å². The van der Waals surface area contributed by atoms with Gasteiger partial charge in [0, 0.05) is 16.4 Å². The number of rotatable bonds is 12. The Labute approximate surface area is 355 Å². The third kappa shape index (κ3) is 9.29. The maximum atomic E-state index is 14.2. The Morgan fingerprint density at radius 2 is 1.26 bits per heavy atom. The third-order valence-corrected chi connectivity index (χ3v) is 15.7. The highest BCUT2D eigenvalue weighted by Crippen LogP contribution is 2.41. The molecule has 310 valence electrons. The number of azide groups is 1. The summed E-state index contributed by atoms with van der Waals surface area (Å²) in [6.07, 6.45) is -5.35. The summed E-state index contributed by atoms with van der Waals surface area (Å²) < 4.78 is 31.9. The SMILES string of the molecule is CC(C)(C)[Si](OC[C@H]1OC(OC(=O)c2ccccc2C#CC2CC2)[C@@](O)(N=[N+]=[N-])[C@@H](OC(=O)c2ccccc2)[C@@H]1OC(=O)c1ccccc1)(c1ccccc1)c1ccccc1.